The molecule has 1 atom stereocenters. The molecule has 0 aliphatic carbocycles. The molecule has 2 amide bonds. The number of hydrogen-bond acceptors (Lipinski definition) is 4. The molecule has 0 radical (unpaired) electrons. The van der Waals surface area contributed by atoms with E-state index in [2.05, 4.69) is 56.0 Å². The van der Waals surface area contributed by atoms with E-state index in [9.17, 15) is 14.4 Å². The van der Waals surface area contributed by atoms with E-state index < -0.39 is 26.0 Å². The highest BCUT2D eigenvalue weighted by atomic mass is 28.3. The van der Waals surface area contributed by atoms with Crippen LogP contribution in [-0.2, 0) is 14.3 Å². The van der Waals surface area contributed by atoms with Gasteiger partial charge in [0.2, 0.25) is 5.91 Å². The van der Waals surface area contributed by atoms with Gasteiger partial charge in [-0.25, -0.2) is 4.79 Å². The molecule has 0 saturated heterocycles. The highest BCUT2D eigenvalue weighted by molar-refractivity contribution is 6.87. The summed E-state index contributed by atoms with van der Waals surface area (Å²) in [6.07, 6.45) is 0.160. The fourth-order valence-electron chi connectivity index (χ4n) is 2.11. The average molecular weight is 403 g/mol. The predicted molar refractivity (Wildman–Crippen MR) is 114 cm³/mol. The Morgan fingerprint density at radius 2 is 1.79 bits per heavy atom. The molecule has 1 aromatic carbocycles. The molecule has 0 bridgehead atoms. The Morgan fingerprint density at radius 3 is 2.32 bits per heavy atom. The maximum absolute atomic E-state index is 12.7. The van der Waals surface area contributed by atoms with Crippen LogP contribution in [0.5, 0.6) is 0 Å². The highest BCUT2D eigenvalue weighted by Gasteiger charge is 2.33. The van der Waals surface area contributed by atoms with E-state index in [4.69, 9.17) is 4.74 Å². The number of nitrogens with one attached hydrogen (secondary N) is 2. The van der Waals surface area contributed by atoms with Crippen LogP contribution in [-0.4, -0.2) is 39.0 Å². The van der Waals surface area contributed by atoms with Gasteiger partial charge in [-0.2, -0.15) is 0 Å². The SMILES string of the molecule is COC(=O)[C@H](CC#C[Si](C)(C)C(C)(C)C)NC(=O)c1ccccc1NC(C)=O. The normalized spacial score (nSPS) is 12.2. The number of amides is 2. The largest absolute Gasteiger partial charge is 0.467 e. The van der Waals surface area contributed by atoms with Crippen molar-refractivity contribution in [1.29, 1.82) is 0 Å². The van der Waals surface area contributed by atoms with Crippen LogP contribution in [0.4, 0.5) is 5.69 Å². The summed E-state index contributed by atoms with van der Waals surface area (Å²) in [7, 11) is -0.550. The minimum Gasteiger partial charge on any atom is -0.467 e. The summed E-state index contributed by atoms with van der Waals surface area (Å²) in [5.74, 6) is 1.75. The Labute approximate surface area is 168 Å². The van der Waals surface area contributed by atoms with Crippen LogP contribution in [0.2, 0.25) is 18.1 Å². The maximum atomic E-state index is 12.7. The Balaban J connectivity index is 3.02. The first kappa shape index (κ1) is 23.4. The first-order chi connectivity index (χ1) is 12.9. The molecule has 0 spiro atoms. The molecule has 0 unspecified atom stereocenters. The molecule has 0 fully saturated rings. The standard InChI is InChI=1S/C21H30N2O4Si/c1-15(24)22-17-12-9-8-11-16(17)19(25)23-18(20(26)27-5)13-10-14-28(6,7)21(2,3)4/h8-9,11-12,18H,13H2,1-7H3,(H,22,24)(H,23,25)/t18-/m0/s1. The van der Waals surface area contributed by atoms with Crippen LogP contribution < -0.4 is 10.6 Å². The Morgan fingerprint density at radius 1 is 1.18 bits per heavy atom. The van der Waals surface area contributed by atoms with Crippen LogP contribution in [0, 0.1) is 11.5 Å². The number of rotatable bonds is 5. The third-order valence-electron chi connectivity index (χ3n) is 4.86. The molecule has 152 valence electrons. The van der Waals surface area contributed by atoms with Crippen molar-refractivity contribution < 1.29 is 19.1 Å². The van der Waals surface area contributed by atoms with E-state index >= 15 is 0 Å². The molecule has 1 rings (SSSR count). The van der Waals surface area contributed by atoms with Crippen LogP contribution in [0.25, 0.3) is 0 Å². The lowest BCUT2D eigenvalue weighted by Gasteiger charge is -2.31. The summed E-state index contributed by atoms with van der Waals surface area (Å²) < 4.78 is 4.81. The second-order valence-electron chi connectivity index (χ2n) is 8.16. The van der Waals surface area contributed by atoms with Gasteiger partial charge in [-0.3, -0.25) is 9.59 Å². The molecule has 6 nitrogen and oxygen atoms in total. The molecule has 0 heterocycles. The number of carbonyl (C=O) groups is 3. The van der Waals surface area contributed by atoms with Gasteiger partial charge in [0, 0.05) is 13.3 Å². The zero-order valence-corrected chi connectivity index (χ0v) is 18.7. The minimum absolute atomic E-state index is 0.0985. The lowest BCUT2D eigenvalue weighted by atomic mass is 10.1. The van der Waals surface area contributed by atoms with Crippen molar-refractivity contribution in [3.05, 3.63) is 29.8 Å². The molecule has 2 N–H and O–H groups in total. The highest BCUT2D eigenvalue weighted by Crippen LogP contribution is 2.35. The number of carbonyl (C=O) groups excluding carboxylic acids is 3. The van der Waals surface area contributed by atoms with E-state index in [1.54, 1.807) is 24.3 Å². The molecule has 1 aromatic rings. The Kier molecular flexibility index (Phi) is 8.00. The van der Waals surface area contributed by atoms with Gasteiger partial charge in [0.25, 0.3) is 5.91 Å². The molecule has 7 heteroatoms. The van der Waals surface area contributed by atoms with E-state index in [0.717, 1.165) is 0 Å². The number of ether oxygens (including phenoxy) is 1. The first-order valence-electron chi connectivity index (χ1n) is 9.14. The summed E-state index contributed by atoms with van der Waals surface area (Å²) >= 11 is 0. The lowest BCUT2D eigenvalue weighted by Crippen LogP contribution is -2.42. The Hall–Kier alpha value is -2.59. The van der Waals surface area contributed by atoms with Gasteiger partial charge in [0.15, 0.2) is 0 Å². The van der Waals surface area contributed by atoms with Crippen molar-refractivity contribution in [2.75, 3.05) is 12.4 Å². The van der Waals surface area contributed by atoms with Gasteiger partial charge in [-0.1, -0.05) is 46.0 Å². The van der Waals surface area contributed by atoms with E-state index in [-0.39, 0.29) is 22.9 Å². The summed E-state index contributed by atoms with van der Waals surface area (Å²) in [5, 5.41) is 5.38. The van der Waals surface area contributed by atoms with Gasteiger partial charge >= 0.3 is 5.97 Å². The Bertz CT molecular complexity index is 801. The summed E-state index contributed by atoms with van der Waals surface area (Å²) in [5.41, 5.74) is 3.98. The summed E-state index contributed by atoms with van der Waals surface area (Å²) in [6, 6.07) is 5.71. The molecular formula is C21H30N2O4Si. The van der Waals surface area contributed by atoms with Crippen LogP contribution >= 0.6 is 0 Å². The second-order valence-corrected chi connectivity index (χ2v) is 13.2. The van der Waals surface area contributed by atoms with Crippen LogP contribution in [0.3, 0.4) is 0 Å². The van der Waals surface area contributed by atoms with E-state index in [0.29, 0.717) is 5.69 Å². The fraction of sp³-hybridized carbons (Fsp3) is 0.476. The van der Waals surface area contributed by atoms with Crippen molar-refractivity contribution >= 4 is 31.5 Å². The second kappa shape index (κ2) is 9.56. The smallest absolute Gasteiger partial charge is 0.329 e. The number of hydrogen-bond donors (Lipinski definition) is 2. The molecule has 28 heavy (non-hydrogen) atoms. The predicted octanol–water partition coefficient (Wildman–Crippen LogP) is 3.36. The number of anilines is 1. The van der Waals surface area contributed by atoms with Crippen molar-refractivity contribution in [2.45, 2.75) is 58.3 Å². The van der Waals surface area contributed by atoms with Gasteiger partial charge in [-0.05, 0) is 17.2 Å². The van der Waals surface area contributed by atoms with Gasteiger partial charge in [0.1, 0.15) is 14.1 Å². The number of para-hydroxylation sites is 1. The zero-order valence-electron chi connectivity index (χ0n) is 17.7. The number of methoxy groups -OCH3 is 1. The third kappa shape index (κ3) is 6.53. The van der Waals surface area contributed by atoms with Crippen LogP contribution in [0.15, 0.2) is 24.3 Å². The van der Waals surface area contributed by atoms with Crippen molar-refractivity contribution in [3.8, 4) is 11.5 Å². The first-order valence-corrected chi connectivity index (χ1v) is 12.1. The van der Waals surface area contributed by atoms with Gasteiger partial charge in [0.05, 0.1) is 18.4 Å². The molecule has 0 aliphatic rings. The topological polar surface area (TPSA) is 84.5 Å². The average Bonchev–Trinajstić information content (AvgIpc) is 2.58. The van der Waals surface area contributed by atoms with Gasteiger partial charge in [-0.15, -0.1) is 11.5 Å². The molecule has 0 aliphatic heterocycles. The van der Waals surface area contributed by atoms with Crippen molar-refractivity contribution in [3.63, 3.8) is 0 Å². The minimum atomic E-state index is -1.82. The van der Waals surface area contributed by atoms with E-state index in [1.807, 2.05) is 0 Å². The summed E-state index contributed by atoms with van der Waals surface area (Å²) in [4.78, 5) is 36.2. The quantitative estimate of drug-likeness (QED) is 0.449. The number of benzene rings is 1. The van der Waals surface area contributed by atoms with Crippen molar-refractivity contribution in [1.82, 2.24) is 5.32 Å². The van der Waals surface area contributed by atoms with E-state index in [1.165, 1.54) is 14.0 Å². The fourth-order valence-corrected chi connectivity index (χ4v) is 3.03. The monoisotopic (exact) mass is 402 g/mol. The zero-order chi connectivity index (χ0) is 21.5. The number of esters is 1. The van der Waals surface area contributed by atoms with Crippen LogP contribution in [0.1, 0.15) is 44.5 Å². The lowest BCUT2D eigenvalue weighted by molar-refractivity contribution is -0.142. The molecule has 0 aromatic heterocycles. The molecular weight excluding hydrogens is 372 g/mol. The maximum Gasteiger partial charge on any atom is 0.329 e. The van der Waals surface area contributed by atoms with Gasteiger partial charge < -0.3 is 15.4 Å². The third-order valence-corrected chi connectivity index (χ3v) is 9.41. The summed E-state index contributed by atoms with van der Waals surface area (Å²) in [6.45, 7) is 12.2. The molecule has 0 saturated carbocycles. The van der Waals surface area contributed by atoms with Crippen molar-refractivity contribution in [2.24, 2.45) is 0 Å².